The molecule has 0 aliphatic carbocycles. The maximum Gasteiger partial charge on any atom is 0.225 e. The first kappa shape index (κ1) is 18.0. The van der Waals surface area contributed by atoms with Gasteiger partial charge in [-0.3, -0.25) is 9.59 Å². The van der Waals surface area contributed by atoms with E-state index in [4.69, 9.17) is 5.11 Å². The fraction of sp³-hybridized carbons (Fsp3) is 0.875. The molecule has 1 heterocycles. The summed E-state index contributed by atoms with van der Waals surface area (Å²) in [6.45, 7) is 9.08. The molecule has 122 valence electrons. The number of amides is 2. The summed E-state index contributed by atoms with van der Waals surface area (Å²) in [5.41, 5.74) is 0. The summed E-state index contributed by atoms with van der Waals surface area (Å²) in [5, 5.41) is 12.0. The second-order valence-electron chi connectivity index (χ2n) is 6.73. The number of aliphatic hydroxyl groups is 1. The lowest BCUT2D eigenvalue weighted by Crippen LogP contribution is -2.54. The summed E-state index contributed by atoms with van der Waals surface area (Å²) >= 11 is 0. The van der Waals surface area contributed by atoms with Crippen molar-refractivity contribution in [2.45, 2.75) is 53.0 Å². The van der Waals surface area contributed by atoms with Crippen LogP contribution in [0.2, 0.25) is 0 Å². The highest BCUT2D eigenvalue weighted by atomic mass is 16.3. The Hall–Kier alpha value is -1.10. The molecule has 0 aromatic carbocycles. The first-order chi connectivity index (χ1) is 9.85. The predicted molar refractivity (Wildman–Crippen MR) is 82.6 cm³/mol. The molecule has 21 heavy (non-hydrogen) atoms. The van der Waals surface area contributed by atoms with E-state index in [-0.39, 0.29) is 36.3 Å². The quantitative estimate of drug-likeness (QED) is 0.779. The van der Waals surface area contributed by atoms with Crippen LogP contribution < -0.4 is 5.32 Å². The van der Waals surface area contributed by atoms with Crippen molar-refractivity contribution in [3.8, 4) is 0 Å². The zero-order valence-electron chi connectivity index (χ0n) is 13.8. The van der Waals surface area contributed by atoms with Gasteiger partial charge in [-0.2, -0.15) is 0 Å². The van der Waals surface area contributed by atoms with Crippen LogP contribution in [0.3, 0.4) is 0 Å². The van der Waals surface area contributed by atoms with Gasteiger partial charge in [-0.25, -0.2) is 0 Å². The fourth-order valence-corrected chi connectivity index (χ4v) is 2.81. The number of hydrogen-bond donors (Lipinski definition) is 2. The number of nitrogens with zero attached hydrogens (tertiary/aromatic N) is 1. The van der Waals surface area contributed by atoms with Crippen LogP contribution in [-0.2, 0) is 9.59 Å². The molecule has 2 unspecified atom stereocenters. The number of nitrogens with one attached hydrogen (secondary N) is 1. The van der Waals surface area contributed by atoms with Crippen LogP contribution in [-0.4, -0.2) is 47.6 Å². The lowest BCUT2D eigenvalue weighted by atomic mass is 9.89. The van der Waals surface area contributed by atoms with Crippen molar-refractivity contribution < 1.29 is 14.7 Å². The van der Waals surface area contributed by atoms with E-state index in [1.165, 1.54) is 0 Å². The van der Waals surface area contributed by atoms with E-state index in [9.17, 15) is 9.59 Å². The van der Waals surface area contributed by atoms with Gasteiger partial charge in [0.1, 0.15) is 0 Å². The molecule has 1 aliphatic rings. The second-order valence-corrected chi connectivity index (χ2v) is 6.73. The molecular weight excluding hydrogens is 268 g/mol. The maximum absolute atomic E-state index is 12.2. The molecule has 0 saturated carbocycles. The van der Waals surface area contributed by atoms with Crippen molar-refractivity contribution in [1.82, 2.24) is 10.2 Å². The van der Waals surface area contributed by atoms with Gasteiger partial charge in [0.15, 0.2) is 0 Å². The summed E-state index contributed by atoms with van der Waals surface area (Å²) in [6.07, 6.45) is 2.53. The lowest BCUT2D eigenvalue weighted by molar-refractivity contribution is -0.138. The number of aliphatic hydroxyl groups excluding tert-OH is 1. The topological polar surface area (TPSA) is 69.6 Å². The van der Waals surface area contributed by atoms with Gasteiger partial charge in [-0.05, 0) is 25.2 Å². The standard InChI is InChI=1S/C16H30N2O3/c1-11(2)15(20)17-14-8-13(6-5-7-19)9-18(10-14)16(21)12(3)4/h11-14,19H,5-10H2,1-4H3,(H,17,20). The van der Waals surface area contributed by atoms with E-state index in [0.29, 0.717) is 12.5 Å². The van der Waals surface area contributed by atoms with Gasteiger partial charge < -0.3 is 15.3 Å². The van der Waals surface area contributed by atoms with E-state index < -0.39 is 0 Å². The van der Waals surface area contributed by atoms with Crippen LogP contribution >= 0.6 is 0 Å². The Bertz CT molecular complexity index is 355. The average Bonchev–Trinajstić information content (AvgIpc) is 2.43. The van der Waals surface area contributed by atoms with Gasteiger partial charge in [-0.1, -0.05) is 27.7 Å². The molecule has 1 rings (SSSR count). The van der Waals surface area contributed by atoms with E-state index in [1.807, 2.05) is 32.6 Å². The van der Waals surface area contributed by atoms with Crippen molar-refractivity contribution in [1.29, 1.82) is 0 Å². The largest absolute Gasteiger partial charge is 0.396 e. The molecule has 1 fully saturated rings. The van der Waals surface area contributed by atoms with E-state index in [2.05, 4.69) is 5.32 Å². The highest BCUT2D eigenvalue weighted by molar-refractivity contribution is 5.79. The Balaban J connectivity index is 2.69. The fourth-order valence-electron chi connectivity index (χ4n) is 2.81. The Morgan fingerprint density at radius 1 is 1.19 bits per heavy atom. The van der Waals surface area contributed by atoms with Gasteiger partial charge in [0.05, 0.1) is 0 Å². The third kappa shape index (κ3) is 5.65. The second kappa shape index (κ2) is 8.37. The summed E-state index contributed by atoms with van der Waals surface area (Å²) in [6, 6.07) is 0.0278. The zero-order chi connectivity index (χ0) is 16.0. The number of carbonyl (C=O) groups is 2. The summed E-state index contributed by atoms with van der Waals surface area (Å²) in [4.78, 5) is 26.0. The molecule has 0 aromatic heterocycles. The van der Waals surface area contributed by atoms with Crippen LogP contribution in [0.1, 0.15) is 47.0 Å². The molecule has 0 bridgehead atoms. The van der Waals surface area contributed by atoms with Gasteiger partial charge in [0, 0.05) is 37.6 Å². The average molecular weight is 298 g/mol. The van der Waals surface area contributed by atoms with Gasteiger partial charge in [0.2, 0.25) is 11.8 Å². The van der Waals surface area contributed by atoms with Crippen LogP contribution in [0.4, 0.5) is 0 Å². The normalized spacial score (nSPS) is 22.7. The molecular formula is C16H30N2O3. The Morgan fingerprint density at radius 2 is 1.86 bits per heavy atom. The minimum atomic E-state index is -0.0444. The van der Waals surface area contributed by atoms with Crippen molar-refractivity contribution in [2.24, 2.45) is 17.8 Å². The predicted octanol–water partition coefficient (Wildman–Crippen LogP) is 1.40. The lowest BCUT2D eigenvalue weighted by Gasteiger charge is -2.39. The summed E-state index contributed by atoms with van der Waals surface area (Å²) in [5.74, 6) is 0.471. The van der Waals surface area contributed by atoms with E-state index in [1.54, 1.807) is 0 Å². The van der Waals surface area contributed by atoms with E-state index >= 15 is 0 Å². The van der Waals surface area contributed by atoms with Crippen LogP contribution in [0.15, 0.2) is 0 Å². The SMILES string of the molecule is CC(C)C(=O)NC1CC(CCCO)CN(C(=O)C(C)C)C1. The monoisotopic (exact) mass is 298 g/mol. The smallest absolute Gasteiger partial charge is 0.225 e. The molecule has 0 aromatic rings. The summed E-state index contributed by atoms with van der Waals surface area (Å²) in [7, 11) is 0. The van der Waals surface area contributed by atoms with Gasteiger partial charge >= 0.3 is 0 Å². The molecule has 2 N–H and O–H groups in total. The van der Waals surface area contributed by atoms with Crippen LogP contribution in [0.5, 0.6) is 0 Å². The maximum atomic E-state index is 12.2. The van der Waals surface area contributed by atoms with Crippen molar-refractivity contribution in [3.63, 3.8) is 0 Å². The Labute approximate surface area is 128 Å². The van der Waals surface area contributed by atoms with Crippen molar-refractivity contribution >= 4 is 11.8 Å². The van der Waals surface area contributed by atoms with Crippen molar-refractivity contribution in [3.05, 3.63) is 0 Å². The third-order valence-corrected chi connectivity index (χ3v) is 3.98. The minimum Gasteiger partial charge on any atom is -0.396 e. The first-order valence-corrected chi connectivity index (χ1v) is 8.05. The number of likely N-dealkylation sites (tertiary alicyclic amines) is 1. The zero-order valence-corrected chi connectivity index (χ0v) is 13.8. The number of rotatable bonds is 6. The number of piperidine rings is 1. The molecule has 1 saturated heterocycles. The number of carbonyl (C=O) groups excluding carboxylic acids is 2. The molecule has 0 spiro atoms. The molecule has 2 amide bonds. The Morgan fingerprint density at radius 3 is 2.38 bits per heavy atom. The highest BCUT2D eigenvalue weighted by Crippen LogP contribution is 2.23. The van der Waals surface area contributed by atoms with Crippen molar-refractivity contribution in [2.75, 3.05) is 19.7 Å². The van der Waals surface area contributed by atoms with Gasteiger partial charge in [0.25, 0.3) is 0 Å². The minimum absolute atomic E-state index is 0.0250. The highest BCUT2D eigenvalue weighted by Gasteiger charge is 2.31. The molecule has 5 nitrogen and oxygen atoms in total. The van der Waals surface area contributed by atoms with Crippen LogP contribution in [0.25, 0.3) is 0 Å². The third-order valence-electron chi connectivity index (χ3n) is 3.98. The number of hydrogen-bond acceptors (Lipinski definition) is 3. The molecule has 2 atom stereocenters. The molecule has 0 radical (unpaired) electrons. The summed E-state index contributed by atoms with van der Waals surface area (Å²) < 4.78 is 0. The first-order valence-electron chi connectivity index (χ1n) is 8.05. The van der Waals surface area contributed by atoms with Gasteiger partial charge in [-0.15, -0.1) is 0 Å². The Kier molecular flexibility index (Phi) is 7.15. The van der Waals surface area contributed by atoms with E-state index in [0.717, 1.165) is 25.8 Å². The van der Waals surface area contributed by atoms with Crippen LogP contribution in [0, 0.1) is 17.8 Å². The molecule has 1 aliphatic heterocycles. The molecule has 5 heteroatoms.